The first kappa shape index (κ1) is 15.4. The molecule has 0 bridgehead atoms. The topological polar surface area (TPSA) is 38.0 Å². The highest BCUT2D eigenvalue weighted by molar-refractivity contribution is 7.98. The molecule has 1 unspecified atom stereocenters. The van der Waals surface area contributed by atoms with Crippen molar-refractivity contribution in [2.45, 2.75) is 24.3 Å². The average molecular weight is 307 g/mol. The number of rotatable bonds is 5. The Bertz CT molecular complexity index is 586. The smallest absolute Gasteiger partial charge is 0.0511 e. The Morgan fingerprint density at radius 2 is 2.00 bits per heavy atom. The minimum absolute atomic E-state index is 0.0545. The largest absolute Gasteiger partial charge is 0.271 e. The minimum atomic E-state index is 0.0545. The Morgan fingerprint density at radius 1 is 1.25 bits per heavy atom. The fourth-order valence-corrected chi connectivity index (χ4v) is 3.22. The summed E-state index contributed by atoms with van der Waals surface area (Å²) < 4.78 is 0. The normalized spacial score (nSPS) is 12.4. The van der Waals surface area contributed by atoms with Crippen LogP contribution < -0.4 is 11.3 Å². The zero-order valence-electron chi connectivity index (χ0n) is 11.7. The number of benzene rings is 2. The van der Waals surface area contributed by atoms with Crippen LogP contribution in [0.25, 0.3) is 0 Å². The highest BCUT2D eigenvalue weighted by atomic mass is 35.5. The van der Waals surface area contributed by atoms with E-state index in [2.05, 4.69) is 35.9 Å². The Morgan fingerprint density at radius 3 is 2.65 bits per heavy atom. The molecule has 2 aromatic rings. The minimum Gasteiger partial charge on any atom is -0.271 e. The molecule has 0 aliphatic heterocycles. The van der Waals surface area contributed by atoms with Gasteiger partial charge in [-0.25, -0.2) is 0 Å². The number of thioether (sulfide) groups is 1. The molecule has 2 nitrogen and oxygen atoms in total. The van der Waals surface area contributed by atoms with Crippen LogP contribution in [0.3, 0.4) is 0 Å². The van der Waals surface area contributed by atoms with E-state index in [4.69, 9.17) is 17.4 Å². The van der Waals surface area contributed by atoms with Crippen molar-refractivity contribution in [2.24, 2.45) is 5.84 Å². The molecule has 0 aliphatic rings. The van der Waals surface area contributed by atoms with Gasteiger partial charge in [0.25, 0.3) is 0 Å². The highest BCUT2D eigenvalue weighted by Gasteiger charge is 2.15. The van der Waals surface area contributed by atoms with Crippen molar-refractivity contribution in [1.82, 2.24) is 5.43 Å². The van der Waals surface area contributed by atoms with E-state index in [0.29, 0.717) is 0 Å². The van der Waals surface area contributed by atoms with Crippen molar-refractivity contribution in [1.29, 1.82) is 0 Å². The van der Waals surface area contributed by atoms with E-state index in [-0.39, 0.29) is 6.04 Å². The summed E-state index contributed by atoms with van der Waals surface area (Å²) in [6, 6.07) is 14.5. The lowest BCUT2D eigenvalue weighted by atomic mass is 9.98. The van der Waals surface area contributed by atoms with E-state index in [0.717, 1.165) is 17.0 Å². The van der Waals surface area contributed by atoms with Gasteiger partial charge in [0, 0.05) is 9.92 Å². The van der Waals surface area contributed by atoms with Crippen LogP contribution in [0.5, 0.6) is 0 Å². The second-order valence-electron chi connectivity index (χ2n) is 4.76. The summed E-state index contributed by atoms with van der Waals surface area (Å²) >= 11 is 8.05. The maximum absolute atomic E-state index is 6.32. The van der Waals surface area contributed by atoms with E-state index in [9.17, 15) is 0 Å². The maximum atomic E-state index is 6.32. The summed E-state index contributed by atoms with van der Waals surface area (Å²) in [6.45, 7) is 2.04. The SMILES string of the molecule is CSc1ccccc1C(Cc1ccc(C)cc1Cl)NN. The molecule has 106 valence electrons. The summed E-state index contributed by atoms with van der Waals surface area (Å²) in [6.07, 6.45) is 2.85. The molecule has 4 heteroatoms. The van der Waals surface area contributed by atoms with Crippen LogP contribution in [0.2, 0.25) is 5.02 Å². The fraction of sp³-hybridized carbons (Fsp3) is 0.250. The number of nitrogens with two attached hydrogens (primary N) is 1. The van der Waals surface area contributed by atoms with Crippen LogP contribution in [0.4, 0.5) is 0 Å². The predicted octanol–water partition coefficient (Wildman–Crippen LogP) is 4.12. The molecule has 0 spiro atoms. The van der Waals surface area contributed by atoms with Crippen molar-refractivity contribution < 1.29 is 0 Å². The predicted molar refractivity (Wildman–Crippen MR) is 88.2 cm³/mol. The summed E-state index contributed by atoms with van der Waals surface area (Å²) in [5.41, 5.74) is 6.39. The quantitative estimate of drug-likeness (QED) is 0.496. The summed E-state index contributed by atoms with van der Waals surface area (Å²) in [5, 5.41) is 0.798. The van der Waals surface area contributed by atoms with Crippen molar-refractivity contribution in [3.8, 4) is 0 Å². The van der Waals surface area contributed by atoms with Crippen LogP contribution in [0, 0.1) is 6.92 Å². The number of hydrogen-bond donors (Lipinski definition) is 2. The molecule has 1 atom stereocenters. The third kappa shape index (κ3) is 3.55. The first-order valence-electron chi connectivity index (χ1n) is 6.49. The first-order valence-corrected chi connectivity index (χ1v) is 8.10. The van der Waals surface area contributed by atoms with Gasteiger partial charge < -0.3 is 0 Å². The standard InChI is InChI=1S/C16H19ClN2S/c1-11-7-8-12(14(17)9-11)10-15(19-18)13-5-3-4-6-16(13)20-2/h3-9,15,19H,10,18H2,1-2H3. The molecule has 0 heterocycles. The van der Waals surface area contributed by atoms with Crippen molar-refractivity contribution in [2.75, 3.05) is 6.26 Å². The summed E-state index contributed by atoms with van der Waals surface area (Å²) in [7, 11) is 0. The lowest BCUT2D eigenvalue weighted by molar-refractivity contribution is 0.544. The van der Waals surface area contributed by atoms with E-state index < -0.39 is 0 Å². The molecule has 0 saturated heterocycles. The molecule has 0 aliphatic carbocycles. The van der Waals surface area contributed by atoms with Crippen molar-refractivity contribution in [3.05, 3.63) is 64.2 Å². The van der Waals surface area contributed by atoms with Gasteiger partial charge in [0.2, 0.25) is 0 Å². The maximum Gasteiger partial charge on any atom is 0.0511 e. The number of hydrazine groups is 1. The monoisotopic (exact) mass is 306 g/mol. The van der Waals surface area contributed by atoms with Crippen molar-refractivity contribution in [3.63, 3.8) is 0 Å². The second-order valence-corrected chi connectivity index (χ2v) is 6.02. The molecule has 0 radical (unpaired) electrons. The fourth-order valence-electron chi connectivity index (χ4n) is 2.25. The second kappa shape index (κ2) is 7.14. The Balaban J connectivity index is 2.29. The van der Waals surface area contributed by atoms with Gasteiger partial charge in [0.1, 0.15) is 0 Å². The third-order valence-electron chi connectivity index (χ3n) is 3.35. The molecule has 0 fully saturated rings. The van der Waals surface area contributed by atoms with Gasteiger partial charge in [0.15, 0.2) is 0 Å². The van der Waals surface area contributed by atoms with Crippen LogP contribution in [0.1, 0.15) is 22.7 Å². The first-order chi connectivity index (χ1) is 9.65. The lowest BCUT2D eigenvalue weighted by Gasteiger charge is -2.20. The molecule has 20 heavy (non-hydrogen) atoms. The average Bonchev–Trinajstić information content (AvgIpc) is 2.46. The Labute approximate surface area is 129 Å². The van der Waals surface area contributed by atoms with Gasteiger partial charge in [0.05, 0.1) is 6.04 Å². The summed E-state index contributed by atoms with van der Waals surface area (Å²) in [4.78, 5) is 1.23. The zero-order valence-corrected chi connectivity index (χ0v) is 13.3. The van der Waals surface area contributed by atoms with Gasteiger partial charge in [-0.3, -0.25) is 11.3 Å². The van der Waals surface area contributed by atoms with Crippen LogP contribution in [-0.4, -0.2) is 6.26 Å². The van der Waals surface area contributed by atoms with Gasteiger partial charge in [-0.15, -0.1) is 11.8 Å². The van der Waals surface area contributed by atoms with Crippen LogP contribution in [0.15, 0.2) is 47.4 Å². The molecule has 2 rings (SSSR count). The molecule has 0 amide bonds. The Hall–Kier alpha value is -1.00. The number of nitrogens with one attached hydrogen (secondary N) is 1. The molecule has 0 saturated carbocycles. The number of hydrogen-bond acceptors (Lipinski definition) is 3. The molecule has 3 N–H and O–H groups in total. The van der Waals surface area contributed by atoms with Crippen molar-refractivity contribution >= 4 is 23.4 Å². The van der Waals surface area contributed by atoms with E-state index in [1.54, 1.807) is 11.8 Å². The van der Waals surface area contributed by atoms with Gasteiger partial charge in [-0.1, -0.05) is 41.9 Å². The van der Waals surface area contributed by atoms with E-state index >= 15 is 0 Å². The van der Waals surface area contributed by atoms with Gasteiger partial charge in [-0.2, -0.15) is 0 Å². The van der Waals surface area contributed by atoms with E-state index in [1.165, 1.54) is 16.0 Å². The van der Waals surface area contributed by atoms with Gasteiger partial charge >= 0.3 is 0 Å². The van der Waals surface area contributed by atoms with Crippen LogP contribution in [-0.2, 0) is 6.42 Å². The molecule has 0 aromatic heterocycles. The lowest BCUT2D eigenvalue weighted by Crippen LogP contribution is -2.30. The summed E-state index contributed by atoms with van der Waals surface area (Å²) in [5.74, 6) is 5.75. The van der Waals surface area contributed by atoms with E-state index in [1.807, 2.05) is 25.1 Å². The molecular formula is C16H19ClN2S. The molecular weight excluding hydrogens is 288 g/mol. The zero-order chi connectivity index (χ0) is 14.5. The number of halogens is 1. The molecule has 2 aromatic carbocycles. The Kier molecular flexibility index (Phi) is 5.49. The number of aryl methyl sites for hydroxylation is 1. The van der Waals surface area contributed by atoms with Gasteiger partial charge in [-0.05, 0) is 48.4 Å². The highest BCUT2D eigenvalue weighted by Crippen LogP contribution is 2.29. The third-order valence-corrected chi connectivity index (χ3v) is 4.51. The van der Waals surface area contributed by atoms with Crippen LogP contribution >= 0.6 is 23.4 Å².